The molecule has 13 heteroatoms. The fraction of sp³-hybridized carbons (Fsp3) is 0.333. The Hall–Kier alpha value is -3.73. The van der Waals surface area contributed by atoms with Crippen molar-refractivity contribution in [3.63, 3.8) is 0 Å². The first-order valence-electron chi connectivity index (χ1n) is 11.2. The smallest absolute Gasteiger partial charge is 0.352 e. The summed E-state index contributed by atoms with van der Waals surface area (Å²) in [6, 6.07) is 7.43. The van der Waals surface area contributed by atoms with E-state index >= 15 is 0 Å². The number of imidazole rings is 1. The third kappa shape index (κ3) is 3.55. The maximum absolute atomic E-state index is 13.1. The Morgan fingerprint density at radius 2 is 2.08 bits per heavy atom. The van der Waals surface area contributed by atoms with Crippen molar-refractivity contribution in [2.75, 3.05) is 6.26 Å². The van der Waals surface area contributed by atoms with Crippen LogP contribution in [-0.2, 0) is 16.0 Å². The van der Waals surface area contributed by atoms with E-state index in [4.69, 9.17) is 0 Å². The third-order valence-corrected chi connectivity index (χ3v) is 9.03. The van der Waals surface area contributed by atoms with Crippen molar-refractivity contribution in [2.45, 2.75) is 37.4 Å². The number of hydrogen-bond donors (Lipinski definition) is 2. The predicted octanol–water partition coefficient (Wildman–Crippen LogP) is 3.16. The van der Waals surface area contributed by atoms with Gasteiger partial charge in [-0.25, -0.2) is 9.78 Å². The van der Waals surface area contributed by atoms with Crippen molar-refractivity contribution in [3.05, 3.63) is 62.5 Å². The number of carbonyl (C=O) groups is 2. The molecule has 3 aromatic rings. The number of rotatable bonds is 7. The number of hydrogen-bond acceptors (Lipinski definition) is 9. The summed E-state index contributed by atoms with van der Waals surface area (Å²) in [4.78, 5) is 43.1. The van der Waals surface area contributed by atoms with Gasteiger partial charge in [0, 0.05) is 29.3 Å². The summed E-state index contributed by atoms with van der Waals surface area (Å²) in [6.45, 7) is 3.36. The van der Waals surface area contributed by atoms with Gasteiger partial charge in [0.25, 0.3) is 5.69 Å². The van der Waals surface area contributed by atoms with Gasteiger partial charge in [0.2, 0.25) is 11.7 Å². The molecule has 5 rings (SSSR count). The number of aliphatic hydroxyl groups excluding tert-OH is 1. The molecule has 0 radical (unpaired) electrons. The molecule has 2 aliphatic rings. The minimum Gasteiger partial charge on any atom is -0.477 e. The van der Waals surface area contributed by atoms with Crippen LogP contribution in [0.3, 0.4) is 0 Å². The van der Waals surface area contributed by atoms with Gasteiger partial charge in [-0.3, -0.25) is 19.3 Å². The van der Waals surface area contributed by atoms with Crippen LogP contribution in [0.25, 0.3) is 10.4 Å². The van der Waals surface area contributed by atoms with E-state index in [0.717, 1.165) is 0 Å². The SMILES string of the molecule is CSc1nc(C#N)n2cc(C3=C(C(=O)O)N4C(=O)[C@H]([C@@H](C)O)[C@@H]4[C@@]3(C)Cc3ccc([N+](=O)[O-])cc3)sc12. The molecule has 0 unspecified atom stereocenters. The Morgan fingerprint density at radius 1 is 1.41 bits per heavy atom. The number of carboxylic acid groups (broad SMARTS) is 1. The highest BCUT2D eigenvalue weighted by Gasteiger charge is 2.66. The molecule has 0 aliphatic carbocycles. The molecule has 1 saturated heterocycles. The number of thiazole rings is 1. The van der Waals surface area contributed by atoms with Gasteiger partial charge in [0.1, 0.15) is 21.6 Å². The molecule has 0 spiro atoms. The number of aromatic nitrogens is 2. The summed E-state index contributed by atoms with van der Waals surface area (Å²) < 4.78 is 1.62. The summed E-state index contributed by atoms with van der Waals surface area (Å²) in [7, 11) is 0. The van der Waals surface area contributed by atoms with Crippen molar-refractivity contribution in [3.8, 4) is 6.07 Å². The third-order valence-electron chi connectivity index (χ3n) is 7.11. The van der Waals surface area contributed by atoms with Crippen LogP contribution in [0.4, 0.5) is 5.69 Å². The van der Waals surface area contributed by atoms with E-state index in [1.807, 2.05) is 13.2 Å². The van der Waals surface area contributed by atoms with Crippen molar-refractivity contribution < 1.29 is 24.7 Å². The maximum Gasteiger partial charge on any atom is 0.352 e. The Labute approximate surface area is 218 Å². The first-order chi connectivity index (χ1) is 17.5. The number of nitro benzene ring substituents is 1. The molecular formula is C24H21N5O6S2. The number of carboxylic acids is 1. The van der Waals surface area contributed by atoms with Gasteiger partial charge in [-0.05, 0) is 25.2 Å². The molecule has 1 amide bonds. The highest BCUT2D eigenvalue weighted by molar-refractivity contribution is 7.98. The highest BCUT2D eigenvalue weighted by Crippen LogP contribution is 2.59. The molecule has 1 fully saturated rings. The average molecular weight is 540 g/mol. The van der Waals surface area contributed by atoms with Crippen LogP contribution in [0.2, 0.25) is 0 Å². The predicted molar refractivity (Wildman–Crippen MR) is 135 cm³/mol. The van der Waals surface area contributed by atoms with Crippen LogP contribution in [0.5, 0.6) is 0 Å². The number of non-ortho nitro benzene ring substituents is 1. The Balaban J connectivity index is 1.72. The van der Waals surface area contributed by atoms with E-state index in [9.17, 15) is 35.2 Å². The Bertz CT molecular complexity index is 1550. The summed E-state index contributed by atoms with van der Waals surface area (Å²) in [5.41, 5.74) is -0.0444. The summed E-state index contributed by atoms with van der Waals surface area (Å²) >= 11 is 2.65. The number of nitro groups is 1. The molecule has 37 heavy (non-hydrogen) atoms. The Morgan fingerprint density at radius 3 is 2.62 bits per heavy atom. The first-order valence-corrected chi connectivity index (χ1v) is 13.3. The van der Waals surface area contributed by atoms with Gasteiger partial charge in [-0.2, -0.15) is 5.26 Å². The Kier molecular flexibility index (Phi) is 5.86. The number of β-lactam (4-membered cyclic amide) rings is 1. The standard InChI is InChI=1S/C24H21N5O6S2/c1-11(30)16-19-24(2,8-12-4-6-13(7-5-12)29(34)35)17(18(23(32)33)28(19)21(16)31)14-10-27-15(9-25)26-20(36-3)22(27)37-14/h4-7,10-11,16,19,30H,8H2,1-3H3,(H,32,33)/t11-,16-,19-,24+/m1/s1. The quantitative estimate of drug-likeness (QED) is 0.199. The molecule has 2 N–H and O–H groups in total. The van der Waals surface area contributed by atoms with Gasteiger partial charge in [-0.15, -0.1) is 23.1 Å². The molecular weight excluding hydrogens is 518 g/mol. The van der Waals surface area contributed by atoms with Crippen molar-refractivity contribution in [2.24, 2.45) is 11.3 Å². The van der Waals surface area contributed by atoms with Crippen LogP contribution in [0.15, 0.2) is 41.2 Å². The number of amides is 1. The lowest BCUT2D eigenvalue weighted by Gasteiger charge is -2.51. The number of nitrogens with zero attached hydrogens (tertiary/aromatic N) is 5. The number of benzene rings is 1. The van der Waals surface area contributed by atoms with Gasteiger partial charge in [0.15, 0.2) is 0 Å². The molecule has 1 aromatic carbocycles. The van der Waals surface area contributed by atoms with E-state index in [-0.39, 0.29) is 23.6 Å². The zero-order valence-corrected chi connectivity index (χ0v) is 21.5. The fourth-order valence-corrected chi connectivity index (χ4v) is 7.59. The maximum atomic E-state index is 13.1. The molecule has 11 nitrogen and oxygen atoms in total. The minimum absolute atomic E-state index is 0.0702. The lowest BCUT2D eigenvalue weighted by atomic mass is 9.64. The van der Waals surface area contributed by atoms with Crippen LogP contribution in [0, 0.1) is 32.8 Å². The van der Waals surface area contributed by atoms with Gasteiger partial charge in [-0.1, -0.05) is 19.1 Å². The summed E-state index contributed by atoms with van der Waals surface area (Å²) in [5, 5.41) is 42.0. The van der Waals surface area contributed by atoms with E-state index in [1.165, 1.54) is 47.1 Å². The topological polar surface area (TPSA) is 162 Å². The van der Waals surface area contributed by atoms with Gasteiger partial charge >= 0.3 is 5.97 Å². The zero-order chi connectivity index (χ0) is 26.8. The normalized spacial score (nSPS) is 23.6. The van der Waals surface area contributed by atoms with E-state index in [1.54, 1.807) is 22.7 Å². The minimum atomic E-state index is -1.27. The fourth-order valence-electron chi connectivity index (χ4n) is 5.60. The van der Waals surface area contributed by atoms with E-state index < -0.39 is 40.3 Å². The molecule has 2 aliphatic heterocycles. The number of fused-ring (bicyclic) bond motifs is 2. The number of nitriles is 1. The van der Waals surface area contributed by atoms with Gasteiger partial charge < -0.3 is 15.1 Å². The van der Waals surface area contributed by atoms with E-state index in [2.05, 4.69) is 11.1 Å². The van der Waals surface area contributed by atoms with Crippen LogP contribution >= 0.6 is 23.1 Å². The second-order valence-corrected chi connectivity index (χ2v) is 11.1. The molecule has 4 heterocycles. The molecule has 4 atom stereocenters. The highest BCUT2D eigenvalue weighted by atomic mass is 32.2. The number of aliphatic carboxylic acids is 1. The average Bonchev–Trinajstić information content (AvgIpc) is 3.46. The lowest BCUT2D eigenvalue weighted by Crippen LogP contribution is -2.66. The first kappa shape index (κ1) is 24.9. The van der Waals surface area contributed by atoms with Crippen molar-refractivity contribution in [1.29, 1.82) is 5.26 Å². The molecule has 0 bridgehead atoms. The van der Waals surface area contributed by atoms with Crippen molar-refractivity contribution >= 4 is 51.1 Å². The largest absolute Gasteiger partial charge is 0.477 e. The number of thioether (sulfide) groups is 1. The number of carbonyl (C=O) groups excluding carboxylic acids is 1. The summed E-state index contributed by atoms with van der Waals surface area (Å²) in [5.74, 6) is -2.38. The molecule has 0 saturated carbocycles. The lowest BCUT2D eigenvalue weighted by molar-refractivity contribution is -0.384. The van der Waals surface area contributed by atoms with E-state index in [0.29, 0.717) is 25.9 Å². The van der Waals surface area contributed by atoms with Crippen LogP contribution in [0.1, 0.15) is 30.1 Å². The second kappa shape index (κ2) is 8.69. The molecule has 190 valence electrons. The van der Waals surface area contributed by atoms with Crippen LogP contribution < -0.4 is 0 Å². The molecule has 2 aromatic heterocycles. The monoisotopic (exact) mass is 539 g/mol. The van der Waals surface area contributed by atoms with Crippen LogP contribution in [-0.4, -0.2) is 59.7 Å². The zero-order valence-electron chi connectivity index (χ0n) is 19.9. The second-order valence-electron chi connectivity index (χ2n) is 9.29. The number of aliphatic hydroxyl groups is 1. The van der Waals surface area contributed by atoms with Gasteiger partial charge in [0.05, 0.1) is 27.9 Å². The summed E-state index contributed by atoms with van der Waals surface area (Å²) in [6.07, 6.45) is 2.76. The van der Waals surface area contributed by atoms with Crippen molar-refractivity contribution in [1.82, 2.24) is 14.3 Å².